The fraction of sp³-hybridized carbons (Fsp3) is 0.560. The molecule has 0 bridgehead atoms. The van der Waals surface area contributed by atoms with E-state index in [1.54, 1.807) is 7.11 Å². The molecule has 2 heterocycles. The zero-order chi connectivity index (χ0) is 22.1. The minimum Gasteiger partial charge on any atom is -0.481 e. The zero-order valence-electron chi connectivity index (χ0n) is 19.2. The van der Waals surface area contributed by atoms with Crippen LogP contribution in [0.3, 0.4) is 0 Å². The lowest BCUT2D eigenvalue weighted by atomic mass is 9.99. The summed E-state index contributed by atoms with van der Waals surface area (Å²) in [6, 6.07) is 11.1. The van der Waals surface area contributed by atoms with Gasteiger partial charge in [0, 0.05) is 38.3 Å². The van der Waals surface area contributed by atoms with Crippen molar-refractivity contribution in [3.05, 3.63) is 60.0 Å². The summed E-state index contributed by atoms with van der Waals surface area (Å²) in [7, 11) is 1.63. The highest BCUT2D eigenvalue weighted by molar-refractivity contribution is 6.02. The van der Waals surface area contributed by atoms with Crippen molar-refractivity contribution in [2.45, 2.75) is 58.0 Å². The molecule has 0 aromatic heterocycles. The van der Waals surface area contributed by atoms with Gasteiger partial charge in [0.1, 0.15) is 0 Å². The first kappa shape index (κ1) is 23.7. The molecule has 6 heteroatoms. The van der Waals surface area contributed by atoms with Crippen molar-refractivity contribution >= 4 is 5.71 Å². The van der Waals surface area contributed by atoms with Gasteiger partial charge in [-0.15, -0.1) is 0 Å². The van der Waals surface area contributed by atoms with E-state index >= 15 is 0 Å². The molecule has 31 heavy (non-hydrogen) atoms. The maximum atomic E-state index is 6.06. The number of rotatable bonds is 9. The number of nitrogens with one attached hydrogen (secondary N) is 1. The Balaban J connectivity index is 1.70. The first-order valence-electron chi connectivity index (χ1n) is 11.3. The average molecular weight is 428 g/mol. The smallest absolute Gasteiger partial charge is 0.208 e. The second kappa shape index (κ2) is 12.2. The van der Waals surface area contributed by atoms with Crippen molar-refractivity contribution in [1.82, 2.24) is 10.2 Å². The van der Waals surface area contributed by atoms with E-state index in [-0.39, 0.29) is 12.3 Å². The molecule has 3 rings (SSSR count). The van der Waals surface area contributed by atoms with Gasteiger partial charge in [-0.2, -0.15) is 0 Å². The number of benzene rings is 1. The maximum Gasteiger partial charge on any atom is 0.208 e. The van der Waals surface area contributed by atoms with Crippen LogP contribution in [0, 0.1) is 0 Å². The molecule has 2 saturated heterocycles. The number of allylic oxidation sites excluding steroid dienone is 1. The van der Waals surface area contributed by atoms with Crippen LogP contribution in [-0.4, -0.2) is 62.4 Å². The molecule has 1 N–H and O–H groups in total. The fourth-order valence-electron chi connectivity index (χ4n) is 4.12. The standard InChI is InChI=1S/C25H37N3O3/c1-5-24(29-4)27-23(18-31-25-13-9-10-14-30-25)20(3)22-17-28(15-19(2)26-22)16-21-11-7-6-8-12-21/h5-8,11-12,19,22,25-26H,3,9-10,13-18H2,1-2,4H3/b24-5+,27-23?/t19-,22-,25?/m1/s1. The van der Waals surface area contributed by atoms with E-state index in [0.29, 0.717) is 18.5 Å². The van der Waals surface area contributed by atoms with E-state index in [1.165, 1.54) is 5.56 Å². The van der Waals surface area contributed by atoms with Crippen molar-refractivity contribution in [3.8, 4) is 0 Å². The van der Waals surface area contributed by atoms with Crippen molar-refractivity contribution in [1.29, 1.82) is 0 Å². The largest absolute Gasteiger partial charge is 0.481 e. The highest BCUT2D eigenvalue weighted by Gasteiger charge is 2.28. The molecule has 1 aromatic carbocycles. The summed E-state index contributed by atoms with van der Waals surface area (Å²) in [5.74, 6) is 0.564. The summed E-state index contributed by atoms with van der Waals surface area (Å²) >= 11 is 0. The molecule has 0 aliphatic carbocycles. The molecule has 0 amide bonds. The molecule has 0 saturated carbocycles. The molecule has 2 aliphatic heterocycles. The van der Waals surface area contributed by atoms with E-state index < -0.39 is 0 Å². The van der Waals surface area contributed by atoms with E-state index in [1.807, 2.05) is 13.0 Å². The molecule has 1 aromatic rings. The molecular weight excluding hydrogens is 390 g/mol. The van der Waals surface area contributed by atoms with Gasteiger partial charge in [0.15, 0.2) is 6.29 Å². The summed E-state index contributed by atoms with van der Waals surface area (Å²) in [5.41, 5.74) is 3.07. The topological polar surface area (TPSA) is 55.3 Å². The van der Waals surface area contributed by atoms with Gasteiger partial charge >= 0.3 is 0 Å². The number of hydrogen-bond donors (Lipinski definition) is 1. The summed E-state index contributed by atoms with van der Waals surface area (Å²) in [4.78, 5) is 7.20. The van der Waals surface area contributed by atoms with Crippen LogP contribution in [0.4, 0.5) is 0 Å². The van der Waals surface area contributed by atoms with Gasteiger partial charge in [0.2, 0.25) is 5.88 Å². The molecular formula is C25H37N3O3. The summed E-state index contributed by atoms with van der Waals surface area (Å²) in [5, 5.41) is 3.69. The minimum absolute atomic E-state index is 0.0945. The number of piperazine rings is 1. The molecule has 170 valence electrons. The zero-order valence-corrected chi connectivity index (χ0v) is 19.2. The quantitative estimate of drug-likeness (QED) is 0.479. The lowest BCUT2D eigenvalue weighted by Crippen LogP contribution is -2.56. The van der Waals surface area contributed by atoms with Crippen molar-refractivity contribution in [2.75, 3.05) is 33.4 Å². The van der Waals surface area contributed by atoms with E-state index in [2.05, 4.69) is 54.1 Å². The van der Waals surface area contributed by atoms with Crippen molar-refractivity contribution < 1.29 is 14.2 Å². The highest BCUT2D eigenvalue weighted by Crippen LogP contribution is 2.18. The SMILES string of the molecule is C=C(C(COC1CCCCO1)=N/C(=C\C)OC)[C@H]1CN(Cc2ccccc2)C[C@@H](C)N1. The summed E-state index contributed by atoms with van der Waals surface area (Å²) in [6.07, 6.45) is 4.83. The van der Waals surface area contributed by atoms with Crippen LogP contribution >= 0.6 is 0 Å². The Hall–Kier alpha value is -1.99. The number of nitrogens with zero attached hydrogens (tertiary/aromatic N) is 2. The van der Waals surface area contributed by atoms with Gasteiger partial charge in [0.25, 0.3) is 0 Å². The van der Waals surface area contributed by atoms with E-state index in [4.69, 9.17) is 19.2 Å². The van der Waals surface area contributed by atoms with E-state index in [0.717, 1.165) is 56.8 Å². The monoisotopic (exact) mass is 427 g/mol. The third kappa shape index (κ3) is 7.28. The predicted octanol–water partition coefficient (Wildman–Crippen LogP) is 3.90. The third-order valence-electron chi connectivity index (χ3n) is 5.74. The van der Waals surface area contributed by atoms with Crippen LogP contribution < -0.4 is 5.32 Å². The first-order chi connectivity index (χ1) is 15.1. The van der Waals surface area contributed by atoms with Crippen LogP contribution in [0.5, 0.6) is 0 Å². The lowest BCUT2D eigenvalue weighted by Gasteiger charge is -2.39. The fourth-order valence-corrected chi connectivity index (χ4v) is 4.12. The second-order valence-electron chi connectivity index (χ2n) is 8.32. The summed E-state index contributed by atoms with van der Waals surface area (Å²) < 4.78 is 17.2. The van der Waals surface area contributed by atoms with Gasteiger partial charge in [-0.25, -0.2) is 4.99 Å². The van der Waals surface area contributed by atoms with Gasteiger partial charge < -0.3 is 19.5 Å². The van der Waals surface area contributed by atoms with Crippen LogP contribution in [0.15, 0.2) is 59.4 Å². The number of hydrogen-bond acceptors (Lipinski definition) is 6. The van der Waals surface area contributed by atoms with Gasteiger partial charge in [0.05, 0.1) is 19.4 Å². The van der Waals surface area contributed by atoms with E-state index in [9.17, 15) is 0 Å². The minimum atomic E-state index is -0.170. The van der Waals surface area contributed by atoms with Crippen LogP contribution in [0.1, 0.15) is 38.7 Å². The molecule has 0 spiro atoms. The lowest BCUT2D eigenvalue weighted by molar-refractivity contribution is -0.152. The molecule has 1 unspecified atom stereocenters. The Labute approximate surface area is 187 Å². The van der Waals surface area contributed by atoms with Gasteiger partial charge in [-0.1, -0.05) is 36.9 Å². The molecule has 3 atom stereocenters. The molecule has 2 aliphatic rings. The Morgan fingerprint density at radius 3 is 2.77 bits per heavy atom. The first-order valence-corrected chi connectivity index (χ1v) is 11.3. The number of methoxy groups -OCH3 is 1. The molecule has 6 nitrogen and oxygen atoms in total. The van der Waals surface area contributed by atoms with Crippen molar-refractivity contribution in [3.63, 3.8) is 0 Å². The highest BCUT2D eigenvalue weighted by atomic mass is 16.7. The Bertz CT molecular complexity index is 757. The van der Waals surface area contributed by atoms with Crippen LogP contribution in [0.25, 0.3) is 0 Å². The van der Waals surface area contributed by atoms with Crippen molar-refractivity contribution in [2.24, 2.45) is 4.99 Å². The molecule has 2 fully saturated rings. The summed E-state index contributed by atoms with van der Waals surface area (Å²) in [6.45, 7) is 12.4. The number of aliphatic imine (C=N–C) groups is 1. The third-order valence-corrected chi connectivity index (χ3v) is 5.74. The second-order valence-corrected chi connectivity index (χ2v) is 8.32. The Kier molecular flexibility index (Phi) is 9.28. The molecule has 0 radical (unpaired) electrons. The van der Waals surface area contributed by atoms with Gasteiger partial charge in [-0.3, -0.25) is 4.90 Å². The Morgan fingerprint density at radius 2 is 2.10 bits per heavy atom. The predicted molar refractivity (Wildman–Crippen MR) is 125 cm³/mol. The normalized spacial score (nSPS) is 26.0. The van der Waals surface area contributed by atoms with Crippen LogP contribution in [0.2, 0.25) is 0 Å². The van der Waals surface area contributed by atoms with Gasteiger partial charge in [-0.05, 0) is 50.3 Å². The average Bonchev–Trinajstić information content (AvgIpc) is 2.80. The number of ether oxygens (including phenoxy) is 3. The Morgan fingerprint density at radius 1 is 1.29 bits per heavy atom. The maximum absolute atomic E-state index is 6.06. The van der Waals surface area contributed by atoms with Crippen LogP contribution in [-0.2, 0) is 20.8 Å².